The molecule has 8 heteroatoms. The summed E-state index contributed by atoms with van der Waals surface area (Å²) >= 11 is 5.98. The first-order chi connectivity index (χ1) is 9.85. The van der Waals surface area contributed by atoms with Crippen LogP contribution in [0, 0.1) is 0 Å². The van der Waals surface area contributed by atoms with Gasteiger partial charge in [-0.15, -0.1) is 10.2 Å². The molecule has 21 heavy (non-hydrogen) atoms. The average Bonchev–Trinajstić information content (AvgIpc) is 2.89. The average molecular weight is 310 g/mol. The summed E-state index contributed by atoms with van der Waals surface area (Å²) in [6.07, 6.45) is 4.46. The summed E-state index contributed by atoms with van der Waals surface area (Å²) in [6.45, 7) is 5.59. The smallest absolute Gasteiger partial charge is 0.407 e. The lowest BCUT2D eigenvalue weighted by Crippen LogP contribution is -2.32. The minimum absolute atomic E-state index is 0.199. The Hall–Kier alpha value is -2.15. The summed E-state index contributed by atoms with van der Waals surface area (Å²) in [5.41, 5.74) is 0.0908. The summed E-state index contributed by atoms with van der Waals surface area (Å²) in [6, 6.07) is 1.73. The number of ether oxygens (including phenoxy) is 1. The highest BCUT2D eigenvalue weighted by Gasteiger charge is 2.16. The predicted molar refractivity (Wildman–Crippen MR) is 77.2 cm³/mol. The maximum absolute atomic E-state index is 11.6. The second kappa shape index (κ2) is 6.09. The molecular weight excluding hydrogens is 294 g/mol. The topological polar surface area (TPSA) is 81.9 Å². The van der Waals surface area contributed by atoms with Gasteiger partial charge < -0.3 is 10.1 Å². The maximum atomic E-state index is 11.6. The quantitative estimate of drug-likeness (QED) is 0.941. The van der Waals surface area contributed by atoms with Crippen LogP contribution < -0.4 is 5.32 Å². The molecule has 0 unspecified atom stereocenters. The summed E-state index contributed by atoms with van der Waals surface area (Å²) in [5.74, 6) is 0.567. The van der Waals surface area contributed by atoms with Crippen molar-refractivity contribution in [1.82, 2.24) is 25.1 Å². The fraction of sp³-hybridized carbons (Fsp3) is 0.385. The van der Waals surface area contributed by atoms with Crippen molar-refractivity contribution >= 4 is 17.7 Å². The Morgan fingerprint density at radius 2 is 2.19 bits per heavy atom. The van der Waals surface area contributed by atoms with Crippen molar-refractivity contribution in [2.24, 2.45) is 0 Å². The Labute approximate surface area is 127 Å². The van der Waals surface area contributed by atoms with Gasteiger partial charge in [0, 0.05) is 24.5 Å². The van der Waals surface area contributed by atoms with Crippen LogP contribution >= 0.6 is 11.6 Å². The van der Waals surface area contributed by atoms with Crippen LogP contribution in [0.4, 0.5) is 4.79 Å². The predicted octanol–water partition coefficient (Wildman–Crippen LogP) is 2.34. The minimum atomic E-state index is -0.549. The summed E-state index contributed by atoms with van der Waals surface area (Å²) < 4.78 is 6.85. The summed E-state index contributed by atoms with van der Waals surface area (Å²) in [4.78, 5) is 15.6. The molecule has 7 nitrogen and oxygen atoms in total. The van der Waals surface area contributed by atoms with E-state index in [1.807, 2.05) is 0 Å². The van der Waals surface area contributed by atoms with Gasteiger partial charge in [0.2, 0.25) is 0 Å². The first-order valence-corrected chi connectivity index (χ1v) is 6.70. The molecule has 0 spiro atoms. The van der Waals surface area contributed by atoms with Gasteiger partial charge in [0.1, 0.15) is 11.9 Å². The van der Waals surface area contributed by atoms with E-state index in [9.17, 15) is 4.79 Å². The van der Waals surface area contributed by atoms with E-state index < -0.39 is 11.7 Å². The Balaban J connectivity index is 2.06. The Morgan fingerprint density at radius 1 is 1.43 bits per heavy atom. The van der Waals surface area contributed by atoms with E-state index in [4.69, 9.17) is 16.3 Å². The van der Waals surface area contributed by atoms with Gasteiger partial charge in [-0.1, -0.05) is 11.6 Å². The van der Waals surface area contributed by atoms with Crippen molar-refractivity contribution in [2.75, 3.05) is 0 Å². The molecule has 1 amide bonds. The second-order valence-electron chi connectivity index (χ2n) is 5.34. The first-order valence-electron chi connectivity index (χ1n) is 6.32. The number of hydrogen-bond acceptors (Lipinski definition) is 5. The lowest BCUT2D eigenvalue weighted by molar-refractivity contribution is 0.0523. The van der Waals surface area contributed by atoms with Crippen LogP contribution in [0.3, 0.4) is 0 Å². The van der Waals surface area contributed by atoms with Crippen molar-refractivity contribution in [3.8, 4) is 5.82 Å². The monoisotopic (exact) mass is 309 g/mol. The molecule has 0 saturated carbocycles. The number of imidazole rings is 1. The highest BCUT2D eigenvalue weighted by molar-refractivity contribution is 6.30. The molecule has 0 fully saturated rings. The van der Waals surface area contributed by atoms with E-state index in [2.05, 4.69) is 20.5 Å². The van der Waals surface area contributed by atoms with Crippen LogP contribution in [-0.2, 0) is 11.3 Å². The zero-order valence-corrected chi connectivity index (χ0v) is 12.8. The van der Waals surface area contributed by atoms with E-state index in [-0.39, 0.29) is 11.7 Å². The number of amides is 1. The number of alkyl carbamates (subject to hydrolysis) is 1. The van der Waals surface area contributed by atoms with E-state index in [1.54, 1.807) is 50.1 Å². The van der Waals surface area contributed by atoms with Crippen molar-refractivity contribution in [1.29, 1.82) is 0 Å². The molecule has 2 aromatic rings. The molecular formula is C13H16ClN5O2. The molecule has 0 aliphatic carbocycles. The number of nitrogens with one attached hydrogen (secondary N) is 1. The van der Waals surface area contributed by atoms with Crippen LogP contribution in [0.25, 0.3) is 5.82 Å². The van der Waals surface area contributed by atoms with Gasteiger partial charge >= 0.3 is 6.09 Å². The molecule has 1 N–H and O–H groups in total. The van der Waals surface area contributed by atoms with Crippen LogP contribution in [0.15, 0.2) is 24.8 Å². The van der Waals surface area contributed by atoms with Crippen LogP contribution in [0.1, 0.15) is 26.3 Å². The molecule has 0 radical (unpaired) electrons. The first kappa shape index (κ1) is 15.2. The third kappa shape index (κ3) is 4.42. The zero-order valence-electron chi connectivity index (χ0n) is 12.0. The highest BCUT2D eigenvalue weighted by atomic mass is 35.5. The van der Waals surface area contributed by atoms with Crippen LogP contribution in [0.2, 0.25) is 5.15 Å². The molecule has 0 atom stereocenters. The Morgan fingerprint density at radius 3 is 2.81 bits per heavy atom. The SMILES string of the molecule is CC(C)(C)OC(=O)NCc1cc(-n2ccnc2)nnc1Cl. The number of carbonyl (C=O) groups excluding carboxylic acids is 1. The van der Waals surface area contributed by atoms with Gasteiger partial charge in [-0.2, -0.15) is 0 Å². The number of rotatable bonds is 3. The van der Waals surface area contributed by atoms with Gasteiger partial charge in [-0.25, -0.2) is 9.78 Å². The van der Waals surface area contributed by atoms with Crippen molar-refractivity contribution in [2.45, 2.75) is 32.9 Å². The molecule has 0 bridgehead atoms. The lowest BCUT2D eigenvalue weighted by Gasteiger charge is -2.19. The minimum Gasteiger partial charge on any atom is -0.444 e. The molecule has 0 aliphatic heterocycles. The zero-order chi connectivity index (χ0) is 15.5. The summed E-state index contributed by atoms with van der Waals surface area (Å²) in [7, 11) is 0. The molecule has 0 aliphatic rings. The number of nitrogens with zero attached hydrogens (tertiary/aromatic N) is 4. The standard InChI is InChI=1S/C13H16ClN5O2/c1-13(2,3)21-12(20)16-7-9-6-10(17-18-11(9)14)19-5-4-15-8-19/h4-6,8H,7H2,1-3H3,(H,16,20). The molecule has 2 rings (SSSR count). The molecule has 2 heterocycles. The third-order valence-corrected chi connectivity index (χ3v) is 2.72. The van der Waals surface area contributed by atoms with Gasteiger partial charge in [0.15, 0.2) is 11.0 Å². The van der Waals surface area contributed by atoms with E-state index in [0.717, 1.165) is 0 Å². The largest absolute Gasteiger partial charge is 0.444 e. The normalized spacial score (nSPS) is 11.2. The van der Waals surface area contributed by atoms with Crippen molar-refractivity contribution < 1.29 is 9.53 Å². The molecule has 0 saturated heterocycles. The Bertz CT molecular complexity index is 622. The van der Waals surface area contributed by atoms with Gasteiger partial charge in [0.05, 0.1) is 0 Å². The van der Waals surface area contributed by atoms with Gasteiger partial charge in [-0.3, -0.25) is 4.57 Å². The molecule has 2 aromatic heterocycles. The van der Waals surface area contributed by atoms with Crippen LogP contribution in [-0.4, -0.2) is 31.4 Å². The number of carbonyl (C=O) groups is 1. The number of halogens is 1. The van der Waals surface area contributed by atoms with E-state index >= 15 is 0 Å². The van der Waals surface area contributed by atoms with Gasteiger partial charge in [-0.05, 0) is 26.8 Å². The second-order valence-corrected chi connectivity index (χ2v) is 5.70. The van der Waals surface area contributed by atoms with Crippen molar-refractivity contribution in [3.63, 3.8) is 0 Å². The lowest BCUT2D eigenvalue weighted by atomic mass is 10.2. The molecule has 0 aromatic carbocycles. The Kier molecular flexibility index (Phi) is 4.42. The number of aromatic nitrogens is 4. The maximum Gasteiger partial charge on any atom is 0.407 e. The van der Waals surface area contributed by atoms with E-state index in [0.29, 0.717) is 11.4 Å². The van der Waals surface area contributed by atoms with E-state index in [1.165, 1.54) is 0 Å². The van der Waals surface area contributed by atoms with Crippen LogP contribution in [0.5, 0.6) is 0 Å². The number of hydrogen-bond donors (Lipinski definition) is 1. The fourth-order valence-corrected chi connectivity index (χ4v) is 1.69. The summed E-state index contributed by atoms with van der Waals surface area (Å²) in [5, 5.41) is 10.7. The van der Waals surface area contributed by atoms with Gasteiger partial charge in [0.25, 0.3) is 0 Å². The fourth-order valence-electron chi connectivity index (χ4n) is 1.53. The van der Waals surface area contributed by atoms with Crippen molar-refractivity contribution in [3.05, 3.63) is 35.5 Å². The highest BCUT2D eigenvalue weighted by Crippen LogP contribution is 2.15. The molecule has 112 valence electrons. The third-order valence-electron chi connectivity index (χ3n) is 2.40.